The molecule has 0 N–H and O–H groups in total. The lowest BCUT2D eigenvalue weighted by Gasteiger charge is -2.05. The quantitative estimate of drug-likeness (QED) is 0.544. The Balaban J connectivity index is 3.07. The van der Waals surface area contributed by atoms with Gasteiger partial charge in [0.2, 0.25) is 0 Å². The SMILES string of the molecule is FCC(CF)OCCl. The summed E-state index contributed by atoms with van der Waals surface area (Å²) in [6, 6.07) is -0.154. The van der Waals surface area contributed by atoms with Gasteiger partial charge in [0.05, 0.1) is 0 Å². The zero-order chi connectivity index (χ0) is 6.41. The fraction of sp³-hybridized carbons (Fsp3) is 1.00. The average Bonchev–Trinajstić information content (AvgIpc) is 1.83. The first-order valence-corrected chi connectivity index (χ1v) is 2.68. The third-order valence-electron chi connectivity index (χ3n) is 0.643. The molecule has 0 fully saturated rings. The molecule has 8 heavy (non-hydrogen) atoms. The average molecular weight is 145 g/mol. The van der Waals surface area contributed by atoms with E-state index >= 15 is 0 Å². The molecule has 0 radical (unpaired) electrons. The van der Waals surface area contributed by atoms with Crippen LogP contribution in [0.2, 0.25) is 0 Å². The highest BCUT2D eigenvalue weighted by Gasteiger charge is 2.05. The summed E-state index contributed by atoms with van der Waals surface area (Å²) < 4.78 is 27.2. The van der Waals surface area contributed by atoms with Crippen molar-refractivity contribution >= 4 is 11.6 Å². The molecule has 4 heteroatoms. The van der Waals surface area contributed by atoms with E-state index in [0.29, 0.717) is 0 Å². The van der Waals surface area contributed by atoms with Gasteiger partial charge in [-0.05, 0) is 0 Å². The highest BCUT2D eigenvalue weighted by Crippen LogP contribution is 1.94. The fourth-order valence-corrected chi connectivity index (χ4v) is 0.398. The van der Waals surface area contributed by atoms with E-state index in [1.807, 2.05) is 0 Å². The van der Waals surface area contributed by atoms with Crippen LogP contribution in [0.15, 0.2) is 0 Å². The maximum atomic E-state index is 11.4. The topological polar surface area (TPSA) is 9.23 Å². The van der Waals surface area contributed by atoms with Crippen LogP contribution in [-0.4, -0.2) is 25.5 Å². The summed E-state index contributed by atoms with van der Waals surface area (Å²) in [7, 11) is 0. The van der Waals surface area contributed by atoms with Crippen molar-refractivity contribution in [3.8, 4) is 0 Å². The number of halogens is 3. The molecule has 0 rings (SSSR count). The van der Waals surface area contributed by atoms with Crippen molar-refractivity contribution in [2.75, 3.05) is 19.4 Å². The molecule has 0 unspecified atom stereocenters. The minimum absolute atomic E-state index is 0.154. The fourth-order valence-electron chi connectivity index (χ4n) is 0.219. The highest BCUT2D eigenvalue weighted by atomic mass is 35.5. The zero-order valence-corrected chi connectivity index (χ0v) is 5.00. The summed E-state index contributed by atoms with van der Waals surface area (Å²) in [5, 5.41) is 0. The van der Waals surface area contributed by atoms with E-state index < -0.39 is 19.5 Å². The minimum atomic E-state index is -0.965. The molecule has 0 saturated carbocycles. The van der Waals surface area contributed by atoms with Crippen molar-refractivity contribution in [3.05, 3.63) is 0 Å². The summed E-state index contributed by atoms with van der Waals surface area (Å²) in [5.74, 6) is 0. The Kier molecular flexibility index (Phi) is 5.32. The van der Waals surface area contributed by atoms with Crippen LogP contribution in [0.4, 0.5) is 8.78 Å². The Bertz CT molecular complexity index is 49.3. The summed E-state index contributed by atoms with van der Waals surface area (Å²) in [4.78, 5) is 0. The minimum Gasteiger partial charge on any atom is -0.357 e. The van der Waals surface area contributed by atoms with Gasteiger partial charge in [-0.2, -0.15) is 0 Å². The van der Waals surface area contributed by atoms with Crippen LogP contribution in [0.5, 0.6) is 0 Å². The molecule has 0 spiro atoms. The van der Waals surface area contributed by atoms with Crippen molar-refractivity contribution in [1.82, 2.24) is 0 Å². The van der Waals surface area contributed by atoms with E-state index in [2.05, 4.69) is 4.74 Å². The molecule has 0 aromatic carbocycles. The summed E-state index contributed by atoms with van der Waals surface area (Å²) >= 11 is 5.00. The Morgan fingerprint density at radius 3 is 2.00 bits per heavy atom. The summed E-state index contributed by atoms with van der Waals surface area (Å²) in [6.45, 7) is -1.63. The van der Waals surface area contributed by atoms with E-state index in [9.17, 15) is 8.78 Å². The van der Waals surface area contributed by atoms with Crippen LogP contribution in [0.25, 0.3) is 0 Å². The smallest absolute Gasteiger partial charge is 0.121 e. The Hall–Kier alpha value is 0.110. The normalized spacial score (nSPS) is 10.5. The molecule has 0 heterocycles. The number of hydrogen-bond donors (Lipinski definition) is 0. The van der Waals surface area contributed by atoms with Crippen molar-refractivity contribution in [3.63, 3.8) is 0 Å². The molecule has 0 aromatic heterocycles. The molecule has 0 aliphatic heterocycles. The number of hydrogen-bond acceptors (Lipinski definition) is 1. The molecule has 0 aliphatic carbocycles. The first kappa shape index (κ1) is 8.11. The van der Waals surface area contributed by atoms with Gasteiger partial charge in [-0.3, -0.25) is 0 Å². The van der Waals surface area contributed by atoms with E-state index in [0.717, 1.165) is 0 Å². The predicted octanol–water partition coefficient (Wildman–Crippen LogP) is 1.51. The molecule has 0 bridgehead atoms. The first-order chi connectivity index (χ1) is 3.85. The molecule has 0 saturated heterocycles. The lowest BCUT2D eigenvalue weighted by atomic mass is 10.4. The van der Waals surface area contributed by atoms with Crippen LogP contribution < -0.4 is 0 Å². The number of alkyl halides is 3. The van der Waals surface area contributed by atoms with E-state index in [1.54, 1.807) is 0 Å². The second-order valence-electron chi connectivity index (χ2n) is 1.21. The molecule has 50 valence electrons. The maximum Gasteiger partial charge on any atom is 0.121 e. The monoisotopic (exact) mass is 144 g/mol. The maximum absolute atomic E-state index is 11.4. The third kappa shape index (κ3) is 3.16. The molecule has 0 aromatic rings. The van der Waals surface area contributed by atoms with Gasteiger partial charge in [-0.1, -0.05) is 11.6 Å². The van der Waals surface area contributed by atoms with Gasteiger partial charge in [0, 0.05) is 0 Å². The number of ether oxygens (including phenoxy) is 1. The van der Waals surface area contributed by atoms with E-state index in [1.165, 1.54) is 0 Å². The molecular formula is C4H7ClF2O. The lowest BCUT2D eigenvalue weighted by Crippen LogP contribution is -2.16. The van der Waals surface area contributed by atoms with Crippen LogP contribution >= 0.6 is 11.6 Å². The van der Waals surface area contributed by atoms with Crippen LogP contribution in [0, 0.1) is 0 Å². The van der Waals surface area contributed by atoms with Crippen molar-refractivity contribution in [2.24, 2.45) is 0 Å². The molecule has 0 aliphatic rings. The standard InChI is InChI=1S/C4H7ClF2O/c5-3-8-4(1-6)2-7/h4H,1-3H2. The van der Waals surface area contributed by atoms with Crippen LogP contribution in [0.3, 0.4) is 0 Å². The van der Waals surface area contributed by atoms with Gasteiger partial charge in [-0.25, -0.2) is 8.78 Å². The van der Waals surface area contributed by atoms with E-state index in [-0.39, 0.29) is 6.07 Å². The summed E-state index contributed by atoms with van der Waals surface area (Å²) in [5.41, 5.74) is 0. The van der Waals surface area contributed by atoms with Gasteiger partial charge in [0.15, 0.2) is 0 Å². The molecule has 0 atom stereocenters. The lowest BCUT2D eigenvalue weighted by molar-refractivity contribution is 0.0468. The second kappa shape index (κ2) is 5.25. The van der Waals surface area contributed by atoms with Crippen LogP contribution in [0.1, 0.15) is 0 Å². The Labute approximate surface area is 51.6 Å². The van der Waals surface area contributed by atoms with Gasteiger partial charge in [-0.15, -0.1) is 0 Å². The number of rotatable bonds is 4. The van der Waals surface area contributed by atoms with Gasteiger partial charge in [0.25, 0.3) is 0 Å². The van der Waals surface area contributed by atoms with Gasteiger partial charge in [0.1, 0.15) is 25.5 Å². The van der Waals surface area contributed by atoms with Crippen molar-refractivity contribution < 1.29 is 13.5 Å². The Morgan fingerprint density at radius 1 is 1.38 bits per heavy atom. The first-order valence-electron chi connectivity index (χ1n) is 2.14. The van der Waals surface area contributed by atoms with Crippen molar-refractivity contribution in [2.45, 2.75) is 6.10 Å². The zero-order valence-electron chi connectivity index (χ0n) is 4.24. The van der Waals surface area contributed by atoms with Gasteiger partial charge >= 0.3 is 0 Å². The predicted molar refractivity (Wildman–Crippen MR) is 27.5 cm³/mol. The largest absolute Gasteiger partial charge is 0.357 e. The highest BCUT2D eigenvalue weighted by molar-refractivity contribution is 6.17. The van der Waals surface area contributed by atoms with Gasteiger partial charge < -0.3 is 4.74 Å². The van der Waals surface area contributed by atoms with Crippen molar-refractivity contribution in [1.29, 1.82) is 0 Å². The Morgan fingerprint density at radius 2 is 1.88 bits per heavy atom. The van der Waals surface area contributed by atoms with E-state index in [4.69, 9.17) is 11.6 Å². The second-order valence-corrected chi connectivity index (χ2v) is 1.42. The third-order valence-corrected chi connectivity index (χ3v) is 0.769. The molecular weight excluding hydrogens is 137 g/mol. The summed E-state index contributed by atoms with van der Waals surface area (Å²) in [6.07, 6.45) is -0.965. The molecule has 1 nitrogen and oxygen atoms in total. The molecule has 0 amide bonds. The van der Waals surface area contributed by atoms with Crippen LogP contribution in [-0.2, 0) is 4.74 Å².